The molecule has 0 unspecified atom stereocenters. The molecule has 0 atom stereocenters. The third kappa shape index (κ3) is 3.68. The Morgan fingerprint density at radius 2 is 1.73 bits per heavy atom. The molecule has 1 fully saturated rings. The van der Waals surface area contributed by atoms with Crippen LogP contribution in [0.3, 0.4) is 0 Å². The van der Waals surface area contributed by atoms with E-state index in [0.717, 1.165) is 21.1 Å². The van der Waals surface area contributed by atoms with Crippen LogP contribution in [-0.2, 0) is 4.79 Å². The number of benzene rings is 2. The van der Waals surface area contributed by atoms with Gasteiger partial charge in [-0.3, -0.25) is 4.79 Å². The van der Waals surface area contributed by atoms with Crippen LogP contribution >= 0.6 is 11.3 Å². The monoisotopic (exact) mass is 429 g/mol. The molecule has 158 valence electrons. The zero-order valence-electron chi connectivity index (χ0n) is 17.2. The van der Waals surface area contributed by atoms with Crippen molar-refractivity contribution < 1.29 is 23.7 Å². The highest BCUT2D eigenvalue weighted by Crippen LogP contribution is 2.40. The van der Waals surface area contributed by atoms with Crippen LogP contribution in [0.15, 0.2) is 30.3 Å². The van der Waals surface area contributed by atoms with Crippen LogP contribution in [0.5, 0.6) is 23.0 Å². The second-order valence-electron chi connectivity index (χ2n) is 6.84. The number of ether oxygens (including phenoxy) is 4. The van der Waals surface area contributed by atoms with Crippen molar-refractivity contribution in [3.05, 3.63) is 30.3 Å². The van der Waals surface area contributed by atoms with Gasteiger partial charge in [0, 0.05) is 30.9 Å². The highest BCUT2D eigenvalue weighted by Gasteiger charge is 2.34. The van der Waals surface area contributed by atoms with E-state index >= 15 is 0 Å². The number of hydrogen-bond donors (Lipinski definition) is 1. The van der Waals surface area contributed by atoms with E-state index in [0.29, 0.717) is 36.0 Å². The highest BCUT2D eigenvalue weighted by atomic mass is 32.1. The van der Waals surface area contributed by atoms with Crippen LogP contribution in [0.25, 0.3) is 10.2 Å². The normalized spacial score (nSPS) is 13.7. The van der Waals surface area contributed by atoms with Gasteiger partial charge in [-0.15, -0.1) is 0 Å². The summed E-state index contributed by atoms with van der Waals surface area (Å²) in [7, 11) is 6.27. The average molecular weight is 429 g/mol. The lowest BCUT2D eigenvalue weighted by atomic mass is 10.00. The van der Waals surface area contributed by atoms with Gasteiger partial charge >= 0.3 is 0 Å². The van der Waals surface area contributed by atoms with E-state index in [1.165, 1.54) is 0 Å². The molecule has 2 heterocycles. The van der Waals surface area contributed by atoms with Gasteiger partial charge in [0.25, 0.3) is 0 Å². The number of anilines is 2. The zero-order valence-corrected chi connectivity index (χ0v) is 18.0. The number of rotatable bonds is 7. The molecule has 2 aromatic carbocycles. The molecule has 0 spiro atoms. The molecule has 0 aliphatic carbocycles. The summed E-state index contributed by atoms with van der Waals surface area (Å²) in [6, 6.07) is 9.26. The Balaban J connectivity index is 1.42. The Kier molecular flexibility index (Phi) is 5.54. The summed E-state index contributed by atoms with van der Waals surface area (Å²) >= 11 is 1.60. The fourth-order valence-corrected chi connectivity index (χ4v) is 4.37. The Bertz CT molecular complexity index is 1050. The van der Waals surface area contributed by atoms with Crippen molar-refractivity contribution in [2.75, 3.05) is 51.7 Å². The molecule has 0 saturated carbocycles. The van der Waals surface area contributed by atoms with Crippen molar-refractivity contribution in [1.29, 1.82) is 0 Å². The largest absolute Gasteiger partial charge is 0.497 e. The lowest BCUT2D eigenvalue weighted by Crippen LogP contribution is -2.52. The summed E-state index contributed by atoms with van der Waals surface area (Å²) in [5.41, 5.74) is 1.53. The van der Waals surface area contributed by atoms with Gasteiger partial charge < -0.3 is 29.2 Å². The number of hydrogen-bond acceptors (Lipinski definition) is 8. The third-order valence-corrected chi connectivity index (χ3v) is 6.12. The molecule has 1 aliphatic rings. The first-order valence-electron chi connectivity index (χ1n) is 9.36. The number of amides is 1. The van der Waals surface area contributed by atoms with Crippen molar-refractivity contribution in [2.45, 2.75) is 0 Å². The Hall–Kier alpha value is -3.20. The molecular weight excluding hydrogens is 406 g/mol. The van der Waals surface area contributed by atoms with E-state index < -0.39 is 0 Å². The van der Waals surface area contributed by atoms with Crippen LogP contribution in [-0.4, -0.2) is 52.4 Å². The third-order valence-electron chi connectivity index (χ3n) is 5.04. The minimum atomic E-state index is -0.120. The van der Waals surface area contributed by atoms with Crippen LogP contribution in [0.1, 0.15) is 0 Å². The maximum atomic E-state index is 12.7. The molecule has 1 aliphatic heterocycles. The number of nitrogens with zero attached hydrogens (tertiary/aromatic N) is 2. The van der Waals surface area contributed by atoms with Crippen LogP contribution < -0.4 is 29.2 Å². The van der Waals surface area contributed by atoms with Gasteiger partial charge in [0.1, 0.15) is 5.75 Å². The standard InChI is InChI=1S/C21H23N3O5S/c1-26-14-5-6-15-18(9-14)30-21(23-15)24-10-12(11-24)20(25)22-13-7-16(27-2)19(29-4)17(8-13)28-3/h5-9,12H,10-11H2,1-4H3,(H,22,25). The summed E-state index contributed by atoms with van der Waals surface area (Å²) in [4.78, 5) is 19.5. The highest BCUT2D eigenvalue weighted by molar-refractivity contribution is 7.22. The zero-order chi connectivity index (χ0) is 21.3. The number of methoxy groups -OCH3 is 4. The molecule has 8 nitrogen and oxygen atoms in total. The van der Waals surface area contributed by atoms with Crippen molar-refractivity contribution in [2.24, 2.45) is 5.92 Å². The number of carbonyl (C=O) groups is 1. The molecule has 1 amide bonds. The minimum absolute atomic E-state index is 0.0525. The molecule has 1 aromatic heterocycles. The predicted octanol–water partition coefficient (Wildman–Crippen LogP) is 3.41. The Morgan fingerprint density at radius 3 is 2.33 bits per heavy atom. The molecular formula is C21H23N3O5S. The van der Waals surface area contributed by atoms with Crippen molar-refractivity contribution in [3.8, 4) is 23.0 Å². The summed E-state index contributed by atoms with van der Waals surface area (Å²) in [6.45, 7) is 1.24. The number of thiazole rings is 1. The predicted molar refractivity (Wildman–Crippen MR) is 117 cm³/mol. The van der Waals surface area contributed by atoms with Gasteiger partial charge in [-0.25, -0.2) is 4.98 Å². The van der Waals surface area contributed by atoms with Gasteiger partial charge in [0.05, 0.1) is 44.6 Å². The van der Waals surface area contributed by atoms with E-state index in [1.54, 1.807) is 51.9 Å². The molecule has 30 heavy (non-hydrogen) atoms. The Morgan fingerprint density at radius 1 is 1.03 bits per heavy atom. The number of fused-ring (bicyclic) bond motifs is 1. The van der Waals surface area contributed by atoms with Gasteiger partial charge in [-0.1, -0.05) is 11.3 Å². The van der Waals surface area contributed by atoms with Gasteiger partial charge in [-0.05, 0) is 18.2 Å². The van der Waals surface area contributed by atoms with Crippen molar-refractivity contribution in [3.63, 3.8) is 0 Å². The molecule has 1 saturated heterocycles. The van der Waals surface area contributed by atoms with E-state index in [1.807, 2.05) is 18.2 Å². The summed E-state index contributed by atoms with van der Waals surface area (Å²) in [5.74, 6) is 2.11. The molecule has 9 heteroatoms. The first-order chi connectivity index (χ1) is 14.6. The molecule has 1 N–H and O–H groups in total. The second-order valence-corrected chi connectivity index (χ2v) is 7.84. The summed E-state index contributed by atoms with van der Waals surface area (Å²) in [6.07, 6.45) is 0. The SMILES string of the molecule is COc1ccc2nc(N3CC(C(=O)Nc4cc(OC)c(OC)c(OC)c4)C3)sc2c1. The van der Waals surface area contributed by atoms with Gasteiger partial charge in [0.2, 0.25) is 11.7 Å². The topological polar surface area (TPSA) is 82.2 Å². The molecule has 3 aromatic rings. The lowest BCUT2D eigenvalue weighted by molar-refractivity contribution is -0.120. The van der Waals surface area contributed by atoms with Crippen molar-refractivity contribution >= 4 is 38.3 Å². The number of aromatic nitrogens is 1. The van der Waals surface area contributed by atoms with E-state index in [9.17, 15) is 4.79 Å². The quantitative estimate of drug-likeness (QED) is 0.616. The van der Waals surface area contributed by atoms with Gasteiger partial charge in [0.15, 0.2) is 16.6 Å². The van der Waals surface area contributed by atoms with E-state index in [2.05, 4.69) is 15.2 Å². The maximum Gasteiger partial charge on any atom is 0.231 e. The van der Waals surface area contributed by atoms with Crippen LogP contribution in [0.2, 0.25) is 0 Å². The second kappa shape index (κ2) is 8.27. The fraction of sp³-hybridized carbons (Fsp3) is 0.333. The van der Waals surface area contributed by atoms with E-state index in [4.69, 9.17) is 18.9 Å². The minimum Gasteiger partial charge on any atom is -0.497 e. The van der Waals surface area contributed by atoms with Crippen LogP contribution in [0, 0.1) is 5.92 Å². The summed E-state index contributed by atoms with van der Waals surface area (Å²) < 4.78 is 22.3. The van der Waals surface area contributed by atoms with Gasteiger partial charge in [-0.2, -0.15) is 0 Å². The fourth-order valence-electron chi connectivity index (χ4n) is 3.35. The maximum absolute atomic E-state index is 12.7. The molecule has 0 bridgehead atoms. The molecule has 0 radical (unpaired) electrons. The first kappa shape index (κ1) is 20.1. The first-order valence-corrected chi connectivity index (χ1v) is 10.2. The Labute approximate surface area is 178 Å². The number of carbonyl (C=O) groups excluding carboxylic acids is 1. The summed E-state index contributed by atoms with van der Waals surface area (Å²) in [5, 5.41) is 3.86. The average Bonchev–Trinajstić information content (AvgIpc) is 3.14. The van der Waals surface area contributed by atoms with Crippen LogP contribution in [0.4, 0.5) is 10.8 Å². The smallest absolute Gasteiger partial charge is 0.231 e. The molecule has 4 rings (SSSR count). The van der Waals surface area contributed by atoms with E-state index in [-0.39, 0.29) is 11.8 Å². The lowest BCUT2D eigenvalue weighted by Gasteiger charge is -2.37. The van der Waals surface area contributed by atoms with Crippen molar-refractivity contribution in [1.82, 2.24) is 4.98 Å². The number of nitrogens with one attached hydrogen (secondary N) is 1.